The Hall–Kier alpha value is -2.35. The molecule has 0 unspecified atom stereocenters. The standard InChI is InChI=1S/C13H15N3O4S/c1-9(2)16-8-11(7-14-16)15-21(19,20)12-5-3-10(4-6-12)13(17)18/h3-9,15H,1-2H3,(H,17,18). The molecule has 1 aromatic carbocycles. The van der Waals surface area contributed by atoms with Gasteiger partial charge in [0.2, 0.25) is 0 Å². The summed E-state index contributed by atoms with van der Waals surface area (Å²) in [6.07, 6.45) is 3.01. The van der Waals surface area contributed by atoms with Gasteiger partial charge in [-0.1, -0.05) is 0 Å². The van der Waals surface area contributed by atoms with Crippen LogP contribution in [0.3, 0.4) is 0 Å². The molecule has 0 aliphatic heterocycles. The maximum Gasteiger partial charge on any atom is 0.335 e. The molecule has 0 fully saturated rings. The molecule has 7 nitrogen and oxygen atoms in total. The monoisotopic (exact) mass is 309 g/mol. The lowest BCUT2D eigenvalue weighted by Crippen LogP contribution is -2.13. The highest BCUT2D eigenvalue weighted by molar-refractivity contribution is 7.92. The van der Waals surface area contributed by atoms with Crippen LogP contribution in [0.1, 0.15) is 30.2 Å². The molecule has 2 N–H and O–H groups in total. The quantitative estimate of drug-likeness (QED) is 0.879. The number of anilines is 1. The van der Waals surface area contributed by atoms with Gasteiger partial charge in [-0.25, -0.2) is 13.2 Å². The molecule has 0 aliphatic carbocycles. The van der Waals surface area contributed by atoms with Crippen LogP contribution >= 0.6 is 0 Å². The van der Waals surface area contributed by atoms with Crippen LogP contribution in [0.5, 0.6) is 0 Å². The number of benzene rings is 1. The van der Waals surface area contributed by atoms with Gasteiger partial charge in [-0.2, -0.15) is 5.10 Å². The molecule has 112 valence electrons. The number of carboxylic acids is 1. The first-order chi connectivity index (χ1) is 9.79. The summed E-state index contributed by atoms with van der Waals surface area (Å²) in [5.74, 6) is -1.11. The lowest BCUT2D eigenvalue weighted by molar-refractivity contribution is 0.0696. The van der Waals surface area contributed by atoms with E-state index in [1.54, 1.807) is 10.9 Å². The molecule has 2 rings (SSSR count). The SMILES string of the molecule is CC(C)n1cc(NS(=O)(=O)c2ccc(C(=O)O)cc2)cn1. The van der Waals surface area contributed by atoms with Crippen LogP contribution in [-0.4, -0.2) is 29.3 Å². The van der Waals surface area contributed by atoms with Crippen LogP contribution < -0.4 is 4.72 Å². The highest BCUT2D eigenvalue weighted by atomic mass is 32.2. The maximum absolute atomic E-state index is 12.2. The van der Waals surface area contributed by atoms with E-state index < -0.39 is 16.0 Å². The van der Waals surface area contributed by atoms with Gasteiger partial charge in [-0.05, 0) is 38.1 Å². The van der Waals surface area contributed by atoms with Crippen molar-refractivity contribution < 1.29 is 18.3 Å². The fourth-order valence-corrected chi connectivity index (χ4v) is 2.69. The van der Waals surface area contributed by atoms with Crippen molar-refractivity contribution >= 4 is 21.7 Å². The minimum absolute atomic E-state index is 0.00945. The summed E-state index contributed by atoms with van der Waals surface area (Å²) in [7, 11) is -3.76. The van der Waals surface area contributed by atoms with E-state index in [2.05, 4.69) is 9.82 Å². The Kier molecular flexibility index (Phi) is 3.99. The third kappa shape index (κ3) is 3.40. The van der Waals surface area contributed by atoms with Crippen molar-refractivity contribution in [2.24, 2.45) is 0 Å². The fourth-order valence-electron chi connectivity index (χ4n) is 1.66. The van der Waals surface area contributed by atoms with Gasteiger partial charge in [0.25, 0.3) is 10.0 Å². The number of aromatic carboxylic acids is 1. The maximum atomic E-state index is 12.2. The molecule has 0 spiro atoms. The van der Waals surface area contributed by atoms with Gasteiger partial charge in [0, 0.05) is 12.2 Å². The molecule has 0 aliphatic rings. The molecular formula is C13H15N3O4S. The molecule has 0 bridgehead atoms. The molecule has 2 aromatic rings. The Morgan fingerprint density at radius 2 is 1.90 bits per heavy atom. The first-order valence-corrected chi connectivity index (χ1v) is 7.68. The van der Waals surface area contributed by atoms with Crippen LogP contribution in [0, 0.1) is 0 Å². The number of nitrogens with zero attached hydrogens (tertiary/aromatic N) is 2. The number of hydrogen-bond acceptors (Lipinski definition) is 4. The summed E-state index contributed by atoms with van der Waals surface area (Å²) in [4.78, 5) is 10.7. The minimum Gasteiger partial charge on any atom is -0.478 e. The summed E-state index contributed by atoms with van der Waals surface area (Å²) in [5, 5.41) is 12.8. The molecule has 0 radical (unpaired) electrons. The number of sulfonamides is 1. The topological polar surface area (TPSA) is 101 Å². The van der Waals surface area contributed by atoms with E-state index in [1.807, 2.05) is 13.8 Å². The highest BCUT2D eigenvalue weighted by Crippen LogP contribution is 2.17. The molecule has 0 amide bonds. The molecule has 1 heterocycles. The van der Waals surface area contributed by atoms with Crippen LogP contribution in [0.15, 0.2) is 41.6 Å². The second-order valence-corrected chi connectivity index (χ2v) is 6.42. The molecule has 0 atom stereocenters. The Labute approximate surface area is 122 Å². The van der Waals surface area contributed by atoms with E-state index in [1.165, 1.54) is 30.5 Å². The van der Waals surface area contributed by atoms with Crippen molar-refractivity contribution in [2.45, 2.75) is 24.8 Å². The van der Waals surface area contributed by atoms with Gasteiger partial charge in [-0.15, -0.1) is 0 Å². The third-order valence-electron chi connectivity index (χ3n) is 2.79. The highest BCUT2D eigenvalue weighted by Gasteiger charge is 2.16. The normalized spacial score (nSPS) is 11.6. The minimum atomic E-state index is -3.76. The lowest BCUT2D eigenvalue weighted by Gasteiger charge is -2.06. The summed E-state index contributed by atoms with van der Waals surface area (Å²) in [6, 6.07) is 5.11. The number of carboxylic acid groups (broad SMARTS) is 1. The van der Waals surface area contributed by atoms with Gasteiger partial charge in [-0.3, -0.25) is 9.40 Å². The smallest absolute Gasteiger partial charge is 0.335 e. The van der Waals surface area contributed by atoms with Crippen LogP contribution in [0.4, 0.5) is 5.69 Å². The van der Waals surface area contributed by atoms with E-state index in [9.17, 15) is 13.2 Å². The lowest BCUT2D eigenvalue weighted by atomic mass is 10.2. The zero-order valence-corrected chi connectivity index (χ0v) is 12.3. The number of nitrogens with one attached hydrogen (secondary N) is 1. The van der Waals surface area contributed by atoms with Crippen LogP contribution in [0.25, 0.3) is 0 Å². The first-order valence-electron chi connectivity index (χ1n) is 6.20. The molecule has 8 heteroatoms. The number of carbonyl (C=O) groups is 1. The predicted molar refractivity (Wildman–Crippen MR) is 76.8 cm³/mol. The Balaban J connectivity index is 2.22. The summed E-state index contributed by atoms with van der Waals surface area (Å²) >= 11 is 0. The number of rotatable bonds is 5. The predicted octanol–water partition coefficient (Wildman–Crippen LogP) is 1.96. The van der Waals surface area contributed by atoms with Gasteiger partial charge < -0.3 is 5.11 Å². The van der Waals surface area contributed by atoms with Crippen LogP contribution in [0.2, 0.25) is 0 Å². The zero-order valence-electron chi connectivity index (χ0n) is 11.5. The van der Waals surface area contributed by atoms with Crippen molar-refractivity contribution in [1.82, 2.24) is 9.78 Å². The van der Waals surface area contributed by atoms with Crippen molar-refractivity contribution in [1.29, 1.82) is 0 Å². The summed E-state index contributed by atoms with van der Waals surface area (Å²) in [6.45, 7) is 3.85. The average Bonchev–Trinajstić information content (AvgIpc) is 2.87. The molecular weight excluding hydrogens is 294 g/mol. The van der Waals surface area contributed by atoms with Crippen molar-refractivity contribution in [3.05, 3.63) is 42.2 Å². The van der Waals surface area contributed by atoms with E-state index in [0.29, 0.717) is 5.69 Å². The van der Waals surface area contributed by atoms with Gasteiger partial charge >= 0.3 is 5.97 Å². The van der Waals surface area contributed by atoms with E-state index in [0.717, 1.165) is 0 Å². The Morgan fingerprint density at radius 3 is 2.38 bits per heavy atom. The average molecular weight is 309 g/mol. The molecule has 21 heavy (non-hydrogen) atoms. The number of hydrogen-bond donors (Lipinski definition) is 2. The molecule has 0 saturated heterocycles. The second kappa shape index (κ2) is 5.57. The summed E-state index contributed by atoms with van der Waals surface area (Å²) in [5.41, 5.74) is 0.382. The van der Waals surface area contributed by atoms with Crippen molar-refractivity contribution in [2.75, 3.05) is 4.72 Å². The van der Waals surface area contributed by atoms with E-state index >= 15 is 0 Å². The number of aromatic nitrogens is 2. The summed E-state index contributed by atoms with van der Waals surface area (Å²) < 4.78 is 28.4. The van der Waals surface area contributed by atoms with Gasteiger partial charge in [0.1, 0.15) is 0 Å². The van der Waals surface area contributed by atoms with Gasteiger partial charge in [0.05, 0.1) is 22.3 Å². The van der Waals surface area contributed by atoms with E-state index in [-0.39, 0.29) is 16.5 Å². The molecule has 1 aromatic heterocycles. The van der Waals surface area contributed by atoms with Crippen molar-refractivity contribution in [3.63, 3.8) is 0 Å². The zero-order chi connectivity index (χ0) is 15.6. The third-order valence-corrected chi connectivity index (χ3v) is 4.19. The van der Waals surface area contributed by atoms with Gasteiger partial charge in [0.15, 0.2) is 0 Å². The fraction of sp³-hybridized carbons (Fsp3) is 0.231. The van der Waals surface area contributed by atoms with Crippen LogP contribution in [-0.2, 0) is 10.0 Å². The van der Waals surface area contributed by atoms with E-state index in [4.69, 9.17) is 5.11 Å². The Bertz CT molecular complexity index is 748. The molecule has 0 saturated carbocycles. The first kappa shape index (κ1) is 15.0. The second-order valence-electron chi connectivity index (χ2n) is 4.74. The Morgan fingerprint density at radius 1 is 1.29 bits per heavy atom. The van der Waals surface area contributed by atoms with Crippen molar-refractivity contribution in [3.8, 4) is 0 Å². The largest absolute Gasteiger partial charge is 0.478 e.